The fourth-order valence-electron chi connectivity index (χ4n) is 2.39. The maximum atomic E-state index is 14.1. The average Bonchev–Trinajstić information content (AvgIpc) is 2.75. The molecule has 7 heteroatoms. The minimum atomic E-state index is -0.579. The van der Waals surface area contributed by atoms with Crippen LogP contribution in [0.3, 0.4) is 0 Å². The Morgan fingerprint density at radius 2 is 2.18 bits per heavy atom. The molecule has 0 fully saturated rings. The van der Waals surface area contributed by atoms with Crippen molar-refractivity contribution in [2.45, 2.75) is 0 Å². The highest BCUT2D eigenvalue weighted by Gasteiger charge is 2.20. The zero-order valence-electron chi connectivity index (χ0n) is 11.6. The Kier molecular flexibility index (Phi) is 3.73. The highest BCUT2D eigenvalue weighted by molar-refractivity contribution is 14.1. The molecule has 0 spiro atoms. The fraction of sp³-hybridized carbons (Fsp3) is 0.0667. The summed E-state index contributed by atoms with van der Waals surface area (Å²) in [6, 6.07) is 6.53. The largest absolute Gasteiger partial charge is 0.365 e. The number of carbonyl (C=O) groups excluding carboxylic acids is 1. The molecular formula is C15H12FIN4O. The molecule has 0 aliphatic heterocycles. The summed E-state index contributed by atoms with van der Waals surface area (Å²) in [7, 11) is 1.77. The molecule has 3 rings (SSSR count). The number of nitrogens with two attached hydrogens (primary N) is 1. The normalized spacial score (nSPS) is 10.9. The van der Waals surface area contributed by atoms with Crippen LogP contribution in [-0.2, 0) is 7.05 Å². The second kappa shape index (κ2) is 5.56. The number of hydrogen-bond acceptors (Lipinski definition) is 3. The van der Waals surface area contributed by atoms with Crippen LogP contribution in [0.4, 0.5) is 15.9 Å². The molecule has 0 aliphatic rings. The Balaban J connectivity index is 2.20. The predicted octanol–water partition coefficient (Wildman–Crippen LogP) is 3.16. The van der Waals surface area contributed by atoms with Crippen LogP contribution >= 0.6 is 22.6 Å². The summed E-state index contributed by atoms with van der Waals surface area (Å²) in [5.74, 6) is -0.536. The highest BCUT2D eigenvalue weighted by atomic mass is 127. The number of aromatic nitrogens is 2. The number of amides is 1. The summed E-state index contributed by atoms with van der Waals surface area (Å²) in [5.41, 5.74) is 6.84. The SMILES string of the molecule is Cn1c(Nc2ccc(I)cc2F)c(C(N)=O)c2ccncc21. The Morgan fingerprint density at radius 3 is 2.86 bits per heavy atom. The summed E-state index contributed by atoms with van der Waals surface area (Å²) >= 11 is 2.03. The van der Waals surface area contributed by atoms with Gasteiger partial charge in [0.1, 0.15) is 11.6 Å². The second-order valence-corrected chi connectivity index (χ2v) is 6.03. The first kappa shape index (κ1) is 14.8. The predicted molar refractivity (Wildman–Crippen MR) is 91.6 cm³/mol. The van der Waals surface area contributed by atoms with Crippen molar-refractivity contribution in [1.82, 2.24) is 9.55 Å². The van der Waals surface area contributed by atoms with Crippen molar-refractivity contribution >= 4 is 50.9 Å². The molecule has 1 aromatic carbocycles. The second-order valence-electron chi connectivity index (χ2n) is 4.79. The molecule has 0 atom stereocenters. The number of fused-ring (bicyclic) bond motifs is 1. The highest BCUT2D eigenvalue weighted by Crippen LogP contribution is 2.31. The van der Waals surface area contributed by atoms with Crippen molar-refractivity contribution < 1.29 is 9.18 Å². The van der Waals surface area contributed by atoms with Gasteiger partial charge < -0.3 is 15.6 Å². The van der Waals surface area contributed by atoms with Gasteiger partial charge in [0.15, 0.2) is 0 Å². The number of benzene rings is 1. The molecule has 3 aromatic rings. The van der Waals surface area contributed by atoms with Crippen LogP contribution in [0, 0.1) is 9.39 Å². The third-order valence-electron chi connectivity index (χ3n) is 3.43. The number of halogens is 2. The van der Waals surface area contributed by atoms with E-state index in [0.717, 1.165) is 9.09 Å². The lowest BCUT2D eigenvalue weighted by atomic mass is 10.2. The molecule has 3 N–H and O–H groups in total. The molecule has 1 amide bonds. The summed E-state index contributed by atoms with van der Waals surface area (Å²) in [6.07, 6.45) is 3.22. The van der Waals surface area contributed by atoms with Crippen molar-refractivity contribution in [1.29, 1.82) is 0 Å². The molecule has 0 saturated heterocycles. The fourth-order valence-corrected chi connectivity index (χ4v) is 2.85. The van der Waals surface area contributed by atoms with Gasteiger partial charge in [0.05, 0.1) is 23.0 Å². The van der Waals surface area contributed by atoms with E-state index in [4.69, 9.17) is 5.73 Å². The molecule has 2 heterocycles. The standard InChI is InChI=1S/C15H12FIN4O/c1-21-12-7-19-5-4-9(12)13(14(18)22)15(21)20-11-3-2-8(17)6-10(11)16/h2-7,20H,1H3,(H2,18,22). The Morgan fingerprint density at radius 1 is 1.41 bits per heavy atom. The lowest BCUT2D eigenvalue weighted by Gasteiger charge is -2.11. The molecule has 112 valence electrons. The number of pyridine rings is 1. The molecule has 0 radical (unpaired) electrons. The van der Waals surface area contributed by atoms with E-state index in [1.165, 1.54) is 6.07 Å². The van der Waals surface area contributed by atoms with Crippen molar-refractivity contribution in [2.75, 3.05) is 5.32 Å². The smallest absolute Gasteiger partial charge is 0.253 e. The van der Waals surface area contributed by atoms with Crippen LogP contribution < -0.4 is 11.1 Å². The van der Waals surface area contributed by atoms with Gasteiger partial charge in [-0.05, 0) is 46.9 Å². The van der Waals surface area contributed by atoms with Crippen molar-refractivity contribution in [3.05, 3.63) is 51.6 Å². The number of aryl methyl sites for hydroxylation is 1. The lowest BCUT2D eigenvalue weighted by Crippen LogP contribution is -2.13. The van der Waals surface area contributed by atoms with Gasteiger partial charge in [0.2, 0.25) is 0 Å². The van der Waals surface area contributed by atoms with Crippen LogP contribution in [0.25, 0.3) is 10.9 Å². The molecule has 0 unspecified atom stereocenters. The minimum absolute atomic E-state index is 0.279. The topological polar surface area (TPSA) is 72.9 Å². The maximum absolute atomic E-state index is 14.1. The first-order valence-corrected chi connectivity index (χ1v) is 7.51. The lowest BCUT2D eigenvalue weighted by molar-refractivity contribution is 0.100. The van der Waals surface area contributed by atoms with Gasteiger partial charge in [-0.3, -0.25) is 9.78 Å². The van der Waals surface area contributed by atoms with Crippen LogP contribution in [0.5, 0.6) is 0 Å². The number of anilines is 2. The van der Waals surface area contributed by atoms with E-state index < -0.39 is 11.7 Å². The van der Waals surface area contributed by atoms with E-state index in [-0.39, 0.29) is 5.69 Å². The summed E-state index contributed by atoms with van der Waals surface area (Å²) in [6.45, 7) is 0. The molecule has 0 bridgehead atoms. The van der Waals surface area contributed by atoms with E-state index in [2.05, 4.69) is 10.3 Å². The van der Waals surface area contributed by atoms with Crippen LogP contribution in [0.15, 0.2) is 36.7 Å². The molecule has 5 nitrogen and oxygen atoms in total. The van der Waals surface area contributed by atoms with E-state index in [1.54, 1.807) is 42.2 Å². The number of hydrogen-bond donors (Lipinski definition) is 2. The molecule has 0 saturated carbocycles. The van der Waals surface area contributed by atoms with E-state index in [1.807, 2.05) is 22.6 Å². The Hall–Kier alpha value is -2.16. The van der Waals surface area contributed by atoms with E-state index in [9.17, 15) is 9.18 Å². The van der Waals surface area contributed by atoms with Gasteiger partial charge in [-0.1, -0.05) is 0 Å². The number of carbonyl (C=O) groups is 1. The maximum Gasteiger partial charge on any atom is 0.253 e. The minimum Gasteiger partial charge on any atom is -0.365 e. The summed E-state index contributed by atoms with van der Waals surface area (Å²) in [4.78, 5) is 15.9. The van der Waals surface area contributed by atoms with Gasteiger partial charge in [-0.15, -0.1) is 0 Å². The number of primary amides is 1. The van der Waals surface area contributed by atoms with Crippen molar-refractivity contribution in [2.24, 2.45) is 12.8 Å². The van der Waals surface area contributed by atoms with Gasteiger partial charge >= 0.3 is 0 Å². The van der Waals surface area contributed by atoms with Crippen LogP contribution in [0.1, 0.15) is 10.4 Å². The van der Waals surface area contributed by atoms with Crippen molar-refractivity contribution in [3.8, 4) is 0 Å². The zero-order valence-corrected chi connectivity index (χ0v) is 13.8. The molecular weight excluding hydrogens is 398 g/mol. The summed E-state index contributed by atoms with van der Waals surface area (Å²) < 4.78 is 16.6. The Labute approximate surface area is 139 Å². The van der Waals surface area contributed by atoms with E-state index in [0.29, 0.717) is 16.8 Å². The summed E-state index contributed by atoms with van der Waals surface area (Å²) in [5, 5.41) is 3.64. The first-order chi connectivity index (χ1) is 10.5. The van der Waals surface area contributed by atoms with Crippen LogP contribution in [0.2, 0.25) is 0 Å². The average molecular weight is 410 g/mol. The zero-order chi connectivity index (χ0) is 15.9. The third-order valence-corrected chi connectivity index (χ3v) is 4.10. The Bertz CT molecular complexity index is 891. The van der Waals surface area contributed by atoms with Gasteiger partial charge in [0, 0.05) is 22.2 Å². The van der Waals surface area contributed by atoms with E-state index >= 15 is 0 Å². The third kappa shape index (κ3) is 2.41. The van der Waals surface area contributed by atoms with Gasteiger partial charge in [-0.2, -0.15) is 0 Å². The van der Waals surface area contributed by atoms with Gasteiger partial charge in [0.25, 0.3) is 5.91 Å². The number of nitrogens with zero attached hydrogens (tertiary/aromatic N) is 2. The molecule has 2 aromatic heterocycles. The quantitative estimate of drug-likeness (QED) is 0.652. The van der Waals surface area contributed by atoms with Crippen molar-refractivity contribution in [3.63, 3.8) is 0 Å². The number of rotatable bonds is 3. The van der Waals surface area contributed by atoms with Gasteiger partial charge in [-0.25, -0.2) is 4.39 Å². The first-order valence-electron chi connectivity index (χ1n) is 6.43. The molecule has 0 aliphatic carbocycles. The molecule has 22 heavy (non-hydrogen) atoms. The number of nitrogens with one attached hydrogen (secondary N) is 1. The monoisotopic (exact) mass is 410 g/mol. The van der Waals surface area contributed by atoms with Crippen LogP contribution in [-0.4, -0.2) is 15.5 Å².